The van der Waals surface area contributed by atoms with Gasteiger partial charge in [-0.2, -0.15) is 19.6 Å². The summed E-state index contributed by atoms with van der Waals surface area (Å²) in [5, 5.41) is 8.47. The molecule has 4 aromatic rings. The van der Waals surface area contributed by atoms with Crippen LogP contribution in [0.5, 0.6) is 0 Å². The van der Waals surface area contributed by atoms with Gasteiger partial charge in [0.1, 0.15) is 17.3 Å². The highest BCUT2D eigenvalue weighted by molar-refractivity contribution is 6.33. The maximum atomic E-state index is 6.61. The van der Waals surface area contributed by atoms with Crippen molar-refractivity contribution >= 4 is 23.2 Å². The molecular formula is C22H20ClN5. The van der Waals surface area contributed by atoms with Crippen LogP contribution in [0.4, 0.5) is 5.82 Å². The molecule has 0 spiro atoms. The predicted molar refractivity (Wildman–Crippen MR) is 113 cm³/mol. The number of fused-ring (bicyclic) bond motifs is 1. The van der Waals surface area contributed by atoms with Crippen molar-refractivity contribution in [1.82, 2.24) is 19.6 Å². The molecule has 2 aromatic carbocycles. The third kappa shape index (κ3) is 3.12. The van der Waals surface area contributed by atoms with E-state index in [1.165, 1.54) is 30.3 Å². The minimum atomic E-state index is 0.424. The molecule has 0 radical (unpaired) electrons. The average Bonchev–Trinajstić information content (AvgIpc) is 3.41. The quantitative estimate of drug-likeness (QED) is 0.470. The third-order valence-electron chi connectivity index (χ3n) is 5.36. The Bertz CT molecular complexity index is 1100. The van der Waals surface area contributed by atoms with Crippen molar-refractivity contribution in [1.29, 1.82) is 0 Å². The van der Waals surface area contributed by atoms with E-state index in [1.54, 1.807) is 4.52 Å². The Kier molecular flexibility index (Phi) is 4.45. The van der Waals surface area contributed by atoms with Crippen LogP contribution in [-0.4, -0.2) is 25.6 Å². The molecule has 1 saturated carbocycles. The summed E-state index contributed by atoms with van der Waals surface area (Å²) in [6.45, 7) is 0. The maximum Gasteiger partial charge on any atom is 0.255 e. The van der Waals surface area contributed by atoms with Crippen LogP contribution in [0.3, 0.4) is 0 Å². The summed E-state index contributed by atoms with van der Waals surface area (Å²) in [6.07, 6.45) is 6.32. The molecule has 0 atom stereocenters. The van der Waals surface area contributed by atoms with Gasteiger partial charge < -0.3 is 5.32 Å². The van der Waals surface area contributed by atoms with Crippen LogP contribution in [0.1, 0.15) is 25.7 Å². The Hall–Kier alpha value is -2.92. The number of halogens is 1. The number of anilines is 1. The zero-order valence-electron chi connectivity index (χ0n) is 15.3. The van der Waals surface area contributed by atoms with E-state index in [-0.39, 0.29) is 0 Å². The Balaban J connectivity index is 1.60. The molecule has 0 amide bonds. The van der Waals surface area contributed by atoms with Gasteiger partial charge in [0, 0.05) is 6.04 Å². The van der Waals surface area contributed by atoms with Gasteiger partial charge in [-0.1, -0.05) is 79.0 Å². The SMILES string of the molecule is Clc1nc2ncnn2c(NC2CCCC2)c1-c1ccc(-c2ccccc2)cc1. The first-order valence-electron chi connectivity index (χ1n) is 9.61. The first-order chi connectivity index (χ1) is 13.8. The summed E-state index contributed by atoms with van der Waals surface area (Å²) in [7, 11) is 0. The monoisotopic (exact) mass is 389 g/mol. The molecule has 2 heterocycles. The first-order valence-corrected chi connectivity index (χ1v) is 9.99. The second kappa shape index (κ2) is 7.24. The Morgan fingerprint density at radius 1 is 0.893 bits per heavy atom. The van der Waals surface area contributed by atoms with Crippen LogP contribution in [-0.2, 0) is 0 Å². The minimum Gasteiger partial charge on any atom is -0.367 e. The smallest absolute Gasteiger partial charge is 0.255 e. The molecule has 0 bridgehead atoms. The highest BCUT2D eigenvalue weighted by Gasteiger charge is 2.22. The lowest BCUT2D eigenvalue weighted by molar-refractivity contribution is 0.741. The van der Waals surface area contributed by atoms with Crippen molar-refractivity contribution < 1.29 is 0 Å². The summed E-state index contributed by atoms with van der Waals surface area (Å²) in [4.78, 5) is 8.66. The fourth-order valence-corrected chi connectivity index (χ4v) is 4.20. The summed E-state index contributed by atoms with van der Waals surface area (Å²) in [5.74, 6) is 1.38. The zero-order chi connectivity index (χ0) is 18.9. The molecule has 2 aromatic heterocycles. The van der Waals surface area contributed by atoms with Crippen LogP contribution < -0.4 is 5.32 Å². The highest BCUT2D eigenvalue weighted by atomic mass is 35.5. The summed E-state index contributed by atoms with van der Waals surface area (Å²) in [5.41, 5.74) is 4.23. The van der Waals surface area contributed by atoms with Gasteiger partial charge in [0.15, 0.2) is 0 Å². The van der Waals surface area contributed by atoms with E-state index in [9.17, 15) is 0 Å². The molecule has 1 aliphatic rings. The Labute approximate surface area is 168 Å². The van der Waals surface area contributed by atoms with Crippen molar-refractivity contribution in [2.75, 3.05) is 5.32 Å². The molecule has 140 valence electrons. The van der Waals surface area contributed by atoms with Crippen molar-refractivity contribution in [2.24, 2.45) is 0 Å². The van der Waals surface area contributed by atoms with E-state index >= 15 is 0 Å². The van der Waals surface area contributed by atoms with Crippen molar-refractivity contribution in [2.45, 2.75) is 31.7 Å². The van der Waals surface area contributed by atoms with E-state index in [1.807, 2.05) is 18.2 Å². The topological polar surface area (TPSA) is 55.1 Å². The van der Waals surface area contributed by atoms with Gasteiger partial charge in [0.25, 0.3) is 5.78 Å². The van der Waals surface area contributed by atoms with Gasteiger partial charge >= 0.3 is 0 Å². The third-order valence-corrected chi connectivity index (χ3v) is 5.63. The second-order valence-corrected chi connectivity index (χ2v) is 7.53. The van der Waals surface area contributed by atoms with Gasteiger partial charge in [0.2, 0.25) is 0 Å². The van der Waals surface area contributed by atoms with E-state index in [2.05, 4.69) is 56.8 Å². The largest absolute Gasteiger partial charge is 0.367 e. The fraction of sp³-hybridized carbons (Fsp3) is 0.227. The van der Waals surface area contributed by atoms with Gasteiger partial charge in [-0.3, -0.25) is 0 Å². The van der Waals surface area contributed by atoms with Crippen molar-refractivity contribution in [3.8, 4) is 22.3 Å². The fourth-order valence-electron chi connectivity index (χ4n) is 3.93. The highest BCUT2D eigenvalue weighted by Crippen LogP contribution is 2.36. The molecule has 5 nitrogen and oxygen atoms in total. The summed E-state index contributed by atoms with van der Waals surface area (Å²) >= 11 is 6.61. The molecule has 1 aliphatic carbocycles. The van der Waals surface area contributed by atoms with E-state index in [0.717, 1.165) is 29.8 Å². The molecule has 0 unspecified atom stereocenters. The summed E-state index contributed by atoms with van der Waals surface area (Å²) in [6, 6.07) is 19.2. The number of benzene rings is 2. The normalized spacial score (nSPS) is 14.6. The molecular weight excluding hydrogens is 370 g/mol. The van der Waals surface area contributed by atoms with Gasteiger partial charge in [-0.05, 0) is 29.5 Å². The second-order valence-electron chi connectivity index (χ2n) is 7.17. The Morgan fingerprint density at radius 3 is 2.32 bits per heavy atom. The number of aromatic nitrogens is 4. The van der Waals surface area contributed by atoms with Crippen molar-refractivity contribution in [3.05, 3.63) is 66.1 Å². The molecule has 1 fully saturated rings. The number of rotatable bonds is 4. The number of hydrogen-bond donors (Lipinski definition) is 1. The van der Waals surface area contributed by atoms with Crippen LogP contribution in [0.15, 0.2) is 60.9 Å². The van der Waals surface area contributed by atoms with Crippen LogP contribution >= 0.6 is 11.6 Å². The predicted octanol–water partition coefficient (Wildman–Crippen LogP) is 5.47. The molecule has 0 saturated heterocycles. The van der Waals surface area contributed by atoms with Crippen LogP contribution in [0.25, 0.3) is 28.0 Å². The van der Waals surface area contributed by atoms with Crippen molar-refractivity contribution in [3.63, 3.8) is 0 Å². The maximum absolute atomic E-state index is 6.61. The minimum absolute atomic E-state index is 0.424. The zero-order valence-corrected chi connectivity index (χ0v) is 16.1. The number of nitrogens with one attached hydrogen (secondary N) is 1. The Morgan fingerprint density at radius 2 is 1.57 bits per heavy atom. The van der Waals surface area contributed by atoms with Crippen LogP contribution in [0.2, 0.25) is 5.15 Å². The lowest BCUT2D eigenvalue weighted by Gasteiger charge is -2.19. The van der Waals surface area contributed by atoms with Gasteiger partial charge in [0.05, 0.1) is 5.56 Å². The molecule has 28 heavy (non-hydrogen) atoms. The molecule has 0 aliphatic heterocycles. The number of nitrogens with zero attached hydrogens (tertiary/aromatic N) is 4. The lowest BCUT2D eigenvalue weighted by atomic mass is 10.0. The van der Waals surface area contributed by atoms with Gasteiger partial charge in [-0.15, -0.1) is 0 Å². The standard InChI is InChI=1S/C22H20ClN5/c23-20-19(17-12-10-16(11-13-17)15-6-2-1-3-7-15)21(26-18-8-4-5-9-18)28-22(27-20)24-14-25-28/h1-3,6-7,10-14,18,26H,4-5,8-9H2. The number of hydrogen-bond acceptors (Lipinski definition) is 4. The van der Waals surface area contributed by atoms with Gasteiger partial charge in [-0.25, -0.2) is 0 Å². The molecule has 5 rings (SSSR count). The van der Waals surface area contributed by atoms with E-state index in [4.69, 9.17) is 11.6 Å². The first kappa shape index (κ1) is 17.2. The lowest BCUT2D eigenvalue weighted by Crippen LogP contribution is -2.18. The average molecular weight is 390 g/mol. The summed E-state index contributed by atoms with van der Waals surface area (Å²) < 4.78 is 1.75. The van der Waals surface area contributed by atoms with E-state index < -0.39 is 0 Å². The van der Waals surface area contributed by atoms with Crippen LogP contribution in [0, 0.1) is 0 Å². The molecule has 6 heteroatoms. The molecule has 1 N–H and O–H groups in total. The van der Waals surface area contributed by atoms with E-state index in [0.29, 0.717) is 17.0 Å².